The van der Waals surface area contributed by atoms with Gasteiger partial charge in [0.1, 0.15) is 0 Å². The predicted molar refractivity (Wildman–Crippen MR) is 116 cm³/mol. The van der Waals surface area contributed by atoms with Crippen LogP contribution < -0.4 is 10.6 Å². The largest absolute Gasteiger partial charge is 0.452 e. The van der Waals surface area contributed by atoms with Crippen molar-refractivity contribution in [1.82, 2.24) is 0 Å². The van der Waals surface area contributed by atoms with Crippen LogP contribution in [0.25, 0.3) is 0 Å². The maximum absolute atomic E-state index is 12.9. The Morgan fingerprint density at radius 2 is 1.52 bits per heavy atom. The Balaban J connectivity index is 1.65. The first-order valence-corrected chi connectivity index (χ1v) is 9.82. The van der Waals surface area contributed by atoms with Crippen molar-refractivity contribution < 1.29 is 32.3 Å². The van der Waals surface area contributed by atoms with Gasteiger partial charge in [0, 0.05) is 5.56 Å². The predicted octanol–water partition coefficient (Wildman–Crippen LogP) is 5.41. The Bertz CT molecular complexity index is 1180. The zero-order valence-corrected chi connectivity index (χ0v) is 17.5. The highest BCUT2D eigenvalue weighted by Crippen LogP contribution is 2.33. The van der Waals surface area contributed by atoms with E-state index in [1.54, 1.807) is 36.4 Å². The van der Waals surface area contributed by atoms with E-state index in [0.29, 0.717) is 11.6 Å². The van der Waals surface area contributed by atoms with Gasteiger partial charge in [-0.25, -0.2) is 4.79 Å². The van der Waals surface area contributed by atoms with E-state index in [9.17, 15) is 27.6 Å². The fourth-order valence-electron chi connectivity index (χ4n) is 2.75. The molecule has 170 valence electrons. The molecule has 3 rings (SSSR count). The zero-order valence-electron chi connectivity index (χ0n) is 16.8. The topological polar surface area (TPSA) is 84.5 Å². The number of anilines is 2. The molecule has 6 nitrogen and oxygen atoms in total. The highest BCUT2D eigenvalue weighted by atomic mass is 35.5. The van der Waals surface area contributed by atoms with Gasteiger partial charge in [-0.2, -0.15) is 13.2 Å². The molecule has 0 radical (unpaired) electrons. The number of para-hydroxylation sites is 1. The lowest BCUT2D eigenvalue weighted by Crippen LogP contribution is -2.22. The second-order valence-electron chi connectivity index (χ2n) is 6.68. The van der Waals surface area contributed by atoms with Crippen molar-refractivity contribution in [1.29, 1.82) is 0 Å². The summed E-state index contributed by atoms with van der Waals surface area (Å²) in [5.74, 6) is -2.26. The minimum atomic E-state index is -4.62. The Kier molecular flexibility index (Phi) is 7.34. The number of nitrogens with one attached hydrogen (secondary N) is 2. The third kappa shape index (κ3) is 6.33. The van der Waals surface area contributed by atoms with Gasteiger partial charge < -0.3 is 15.4 Å². The van der Waals surface area contributed by atoms with E-state index in [4.69, 9.17) is 16.3 Å². The van der Waals surface area contributed by atoms with Crippen LogP contribution in [0.1, 0.15) is 26.3 Å². The van der Waals surface area contributed by atoms with Crippen molar-refractivity contribution in [3.8, 4) is 0 Å². The second kappa shape index (κ2) is 10.2. The molecule has 0 atom stereocenters. The monoisotopic (exact) mass is 476 g/mol. The number of alkyl halides is 3. The zero-order chi connectivity index (χ0) is 24.0. The molecule has 0 saturated carbocycles. The van der Waals surface area contributed by atoms with Crippen molar-refractivity contribution in [2.45, 2.75) is 6.18 Å². The van der Waals surface area contributed by atoms with Crippen LogP contribution in [0.3, 0.4) is 0 Å². The average Bonchev–Trinajstić information content (AvgIpc) is 2.79. The second-order valence-corrected chi connectivity index (χ2v) is 7.09. The van der Waals surface area contributed by atoms with Crippen LogP contribution >= 0.6 is 11.6 Å². The maximum Gasteiger partial charge on any atom is 0.416 e. The van der Waals surface area contributed by atoms with Gasteiger partial charge in [0.05, 0.1) is 27.5 Å². The number of esters is 1. The number of halogens is 4. The molecule has 0 spiro atoms. The van der Waals surface area contributed by atoms with E-state index >= 15 is 0 Å². The third-order valence-corrected chi connectivity index (χ3v) is 4.66. The summed E-state index contributed by atoms with van der Waals surface area (Å²) in [4.78, 5) is 36.9. The summed E-state index contributed by atoms with van der Waals surface area (Å²) in [6.07, 6.45) is -4.62. The number of carbonyl (C=O) groups is 3. The van der Waals surface area contributed by atoms with Crippen molar-refractivity contribution in [2.24, 2.45) is 0 Å². The molecule has 2 N–H and O–H groups in total. The van der Waals surface area contributed by atoms with Crippen LogP contribution in [0, 0.1) is 0 Å². The van der Waals surface area contributed by atoms with Crippen molar-refractivity contribution in [3.05, 3.63) is 94.5 Å². The van der Waals surface area contributed by atoms with Crippen LogP contribution in [-0.2, 0) is 15.7 Å². The fraction of sp³-hybridized carbons (Fsp3) is 0.0870. The summed E-state index contributed by atoms with van der Waals surface area (Å²) >= 11 is 5.84. The van der Waals surface area contributed by atoms with Crippen LogP contribution in [0.15, 0.2) is 72.8 Å². The molecule has 0 bridgehead atoms. The molecule has 0 fully saturated rings. The lowest BCUT2D eigenvalue weighted by atomic mass is 10.1. The highest BCUT2D eigenvalue weighted by Gasteiger charge is 2.31. The average molecular weight is 477 g/mol. The highest BCUT2D eigenvalue weighted by molar-refractivity contribution is 6.33. The van der Waals surface area contributed by atoms with Crippen molar-refractivity contribution in [3.63, 3.8) is 0 Å². The van der Waals surface area contributed by atoms with E-state index in [0.717, 1.165) is 12.1 Å². The lowest BCUT2D eigenvalue weighted by molar-refractivity contribution is -0.137. The molecule has 0 heterocycles. The van der Waals surface area contributed by atoms with E-state index in [2.05, 4.69) is 10.6 Å². The summed E-state index contributed by atoms with van der Waals surface area (Å²) in [6, 6.07) is 16.8. The smallest absolute Gasteiger partial charge is 0.416 e. The first-order chi connectivity index (χ1) is 15.6. The molecular formula is C23H16ClF3N2O4. The van der Waals surface area contributed by atoms with Crippen molar-refractivity contribution in [2.75, 3.05) is 17.2 Å². The minimum Gasteiger partial charge on any atom is -0.452 e. The van der Waals surface area contributed by atoms with Gasteiger partial charge in [0.15, 0.2) is 6.61 Å². The van der Waals surface area contributed by atoms with Gasteiger partial charge in [-0.3, -0.25) is 9.59 Å². The van der Waals surface area contributed by atoms with Crippen molar-refractivity contribution >= 4 is 40.8 Å². The fourth-order valence-corrected chi connectivity index (χ4v) is 2.91. The summed E-state index contributed by atoms with van der Waals surface area (Å²) in [5.41, 5.74) is -0.743. The molecule has 0 aromatic heterocycles. The Hall–Kier alpha value is -3.85. The summed E-state index contributed by atoms with van der Waals surface area (Å²) in [5, 5.41) is 4.66. The van der Waals surface area contributed by atoms with Gasteiger partial charge >= 0.3 is 12.1 Å². The van der Waals surface area contributed by atoms with Gasteiger partial charge in [-0.1, -0.05) is 41.9 Å². The Labute approximate surface area is 191 Å². The first kappa shape index (κ1) is 23.8. The third-order valence-electron chi connectivity index (χ3n) is 4.33. The first-order valence-electron chi connectivity index (χ1n) is 9.44. The van der Waals surface area contributed by atoms with Gasteiger partial charge in [0.25, 0.3) is 11.8 Å². The van der Waals surface area contributed by atoms with E-state index in [-0.39, 0.29) is 22.0 Å². The number of hydrogen-bond acceptors (Lipinski definition) is 4. The molecule has 10 heteroatoms. The Morgan fingerprint density at radius 1 is 0.848 bits per heavy atom. The number of hydrogen-bond donors (Lipinski definition) is 2. The Morgan fingerprint density at radius 3 is 2.21 bits per heavy atom. The minimum absolute atomic E-state index is 0.00770. The number of benzene rings is 3. The summed E-state index contributed by atoms with van der Waals surface area (Å²) in [7, 11) is 0. The molecule has 33 heavy (non-hydrogen) atoms. The molecular weight excluding hydrogens is 461 g/mol. The molecule has 0 aliphatic carbocycles. The van der Waals surface area contributed by atoms with E-state index < -0.39 is 36.1 Å². The summed E-state index contributed by atoms with van der Waals surface area (Å²) < 4.78 is 43.5. The van der Waals surface area contributed by atoms with Crippen LogP contribution in [0.4, 0.5) is 24.5 Å². The number of ether oxygens (including phenoxy) is 1. The molecule has 2 amide bonds. The standard InChI is InChI=1S/C23H16ClF3N2O4/c24-17-11-10-15(23(25,26)27)12-19(17)28-20(30)13-33-22(32)16-8-4-5-9-18(16)29-21(31)14-6-2-1-3-7-14/h1-12H,13H2,(H,28,30)(H,29,31). The maximum atomic E-state index is 12.9. The van der Waals surface area contributed by atoms with Gasteiger partial charge in [0.2, 0.25) is 0 Å². The quantitative estimate of drug-likeness (QED) is 0.466. The number of rotatable bonds is 6. The summed E-state index contributed by atoms with van der Waals surface area (Å²) in [6.45, 7) is -0.785. The van der Waals surface area contributed by atoms with Gasteiger partial charge in [-0.05, 0) is 42.5 Å². The number of amides is 2. The van der Waals surface area contributed by atoms with Crippen LogP contribution in [-0.4, -0.2) is 24.4 Å². The number of carbonyl (C=O) groups excluding carboxylic acids is 3. The van der Waals surface area contributed by atoms with Gasteiger partial charge in [-0.15, -0.1) is 0 Å². The molecule has 3 aromatic carbocycles. The van der Waals surface area contributed by atoms with Crippen LogP contribution in [0.2, 0.25) is 5.02 Å². The molecule has 3 aromatic rings. The van der Waals surface area contributed by atoms with E-state index in [1.165, 1.54) is 18.2 Å². The normalized spacial score (nSPS) is 10.9. The molecule has 0 aliphatic heterocycles. The molecule has 0 unspecified atom stereocenters. The molecule has 0 saturated heterocycles. The van der Waals surface area contributed by atoms with Crippen LogP contribution in [0.5, 0.6) is 0 Å². The van der Waals surface area contributed by atoms with E-state index in [1.807, 2.05) is 0 Å². The SMILES string of the molecule is O=C(COC(=O)c1ccccc1NC(=O)c1ccccc1)Nc1cc(C(F)(F)F)ccc1Cl. The molecule has 0 aliphatic rings. The lowest BCUT2D eigenvalue weighted by Gasteiger charge is -2.13.